The zero-order chi connectivity index (χ0) is 19.5. The summed E-state index contributed by atoms with van der Waals surface area (Å²) in [4.78, 5) is 16.6. The van der Waals surface area contributed by atoms with Crippen molar-refractivity contribution in [3.05, 3.63) is 88.5 Å². The Labute approximate surface area is 161 Å². The Bertz CT molecular complexity index is 1160. The van der Waals surface area contributed by atoms with E-state index in [2.05, 4.69) is 15.4 Å². The minimum atomic E-state index is -0.302. The predicted octanol–water partition coefficient (Wildman–Crippen LogP) is 2.92. The van der Waals surface area contributed by atoms with Crippen molar-refractivity contribution in [2.24, 2.45) is 7.05 Å². The topological polar surface area (TPSA) is 74.8 Å². The first-order valence-corrected chi connectivity index (χ1v) is 8.85. The molecule has 140 valence electrons. The molecule has 0 fully saturated rings. The average molecular weight is 373 g/mol. The number of aromatic nitrogens is 5. The van der Waals surface area contributed by atoms with Crippen LogP contribution in [0.25, 0.3) is 16.9 Å². The average Bonchev–Trinajstić information content (AvgIpc) is 3.06. The standard InChI is InChI=1S/C21H19N5O2/c1-15-7-5-11-20(26-21(27)25(2)23-24-26)18(15)14-28-17-9-6-8-16(13-17)19-10-3-4-12-22-19/h3-13H,14H2,1-2H3. The number of pyridine rings is 1. The Morgan fingerprint density at radius 1 is 1.00 bits per heavy atom. The molecule has 2 aromatic carbocycles. The summed E-state index contributed by atoms with van der Waals surface area (Å²) in [5, 5.41) is 7.75. The zero-order valence-corrected chi connectivity index (χ0v) is 15.6. The summed E-state index contributed by atoms with van der Waals surface area (Å²) < 4.78 is 8.53. The molecular formula is C21H19N5O2. The van der Waals surface area contributed by atoms with Gasteiger partial charge in [0, 0.05) is 24.4 Å². The minimum Gasteiger partial charge on any atom is -0.489 e. The fraction of sp³-hybridized carbons (Fsp3) is 0.143. The van der Waals surface area contributed by atoms with Gasteiger partial charge in [0.15, 0.2) is 0 Å². The summed E-state index contributed by atoms with van der Waals surface area (Å²) in [7, 11) is 1.57. The number of hydrogen-bond donors (Lipinski definition) is 0. The van der Waals surface area contributed by atoms with E-state index in [9.17, 15) is 4.79 Å². The van der Waals surface area contributed by atoms with Gasteiger partial charge in [0.2, 0.25) is 0 Å². The number of benzene rings is 2. The zero-order valence-electron chi connectivity index (χ0n) is 15.6. The number of aryl methyl sites for hydroxylation is 2. The molecule has 0 saturated carbocycles. The predicted molar refractivity (Wildman–Crippen MR) is 105 cm³/mol. The van der Waals surface area contributed by atoms with E-state index in [-0.39, 0.29) is 5.69 Å². The first-order valence-electron chi connectivity index (χ1n) is 8.85. The molecule has 4 rings (SSSR count). The van der Waals surface area contributed by atoms with Crippen LogP contribution in [0.2, 0.25) is 0 Å². The maximum Gasteiger partial charge on any atom is 0.368 e. The maximum atomic E-state index is 12.3. The van der Waals surface area contributed by atoms with E-state index in [0.29, 0.717) is 12.3 Å². The van der Waals surface area contributed by atoms with Crippen molar-refractivity contribution in [3.63, 3.8) is 0 Å². The van der Waals surface area contributed by atoms with Crippen molar-refractivity contribution in [1.82, 2.24) is 24.8 Å². The van der Waals surface area contributed by atoms with Crippen molar-refractivity contribution in [3.8, 4) is 22.7 Å². The number of hydrogen-bond acceptors (Lipinski definition) is 5. The first kappa shape index (κ1) is 17.7. The Morgan fingerprint density at radius 2 is 1.86 bits per heavy atom. The normalized spacial score (nSPS) is 10.8. The molecule has 7 heteroatoms. The molecule has 0 atom stereocenters. The second-order valence-corrected chi connectivity index (χ2v) is 6.40. The highest BCUT2D eigenvalue weighted by atomic mass is 16.5. The Hall–Kier alpha value is -3.74. The van der Waals surface area contributed by atoms with Crippen LogP contribution < -0.4 is 10.4 Å². The van der Waals surface area contributed by atoms with Gasteiger partial charge in [-0.15, -0.1) is 0 Å². The van der Waals surface area contributed by atoms with E-state index in [1.54, 1.807) is 13.2 Å². The molecule has 7 nitrogen and oxygen atoms in total. The molecule has 0 aliphatic heterocycles. The molecule has 4 aromatic rings. The Kier molecular flexibility index (Phi) is 4.72. The molecular weight excluding hydrogens is 354 g/mol. The molecule has 0 amide bonds. The van der Waals surface area contributed by atoms with E-state index in [1.807, 2.05) is 67.6 Å². The van der Waals surface area contributed by atoms with E-state index in [0.717, 1.165) is 28.1 Å². The molecule has 0 N–H and O–H groups in total. The van der Waals surface area contributed by atoms with Crippen molar-refractivity contribution < 1.29 is 4.74 Å². The van der Waals surface area contributed by atoms with E-state index < -0.39 is 0 Å². The summed E-state index contributed by atoms with van der Waals surface area (Å²) >= 11 is 0. The number of rotatable bonds is 5. The van der Waals surface area contributed by atoms with Crippen LogP contribution in [-0.4, -0.2) is 24.8 Å². The van der Waals surface area contributed by atoms with Gasteiger partial charge in [0.05, 0.1) is 11.4 Å². The van der Waals surface area contributed by atoms with Gasteiger partial charge in [-0.3, -0.25) is 4.98 Å². The van der Waals surface area contributed by atoms with Gasteiger partial charge < -0.3 is 4.74 Å². The second kappa shape index (κ2) is 7.48. The van der Waals surface area contributed by atoms with Crippen LogP contribution in [0, 0.1) is 6.92 Å². The molecule has 0 aliphatic rings. The highest BCUT2D eigenvalue weighted by Gasteiger charge is 2.13. The third kappa shape index (κ3) is 3.42. The van der Waals surface area contributed by atoms with Crippen LogP contribution in [0.5, 0.6) is 5.75 Å². The van der Waals surface area contributed by atoms with Crippen molar-refractivity contribution in [2.45, 2.75) is 13.5 Å². The third-order valence-corrected chi connectivity index (χ3v) is 4.51. The van der Waals surface area contributed by atoms with Gasteiger partial charge in [-0.2, -0.15) is 9.36 Å². The number of tetrazole rings is 1. The van der Waals surface area contributed by atoms with Crippen LogP contribution >= 0.6 is 0 Å². The molecule has 0 radical (unpaired) electrons. The van der Waals surface area contributed by atoms with Crippen LogP contribution in [0.15, 0.2) is 71.7 Å². The first-order chi connectivity index (χ1) is 13.6. The van der Waals surface area contributed by atoms with Gasteiger partial charge in [-0.05, 0) is 53.2 Å². The highest BCUT2D eigenvalue weighted by Crippen LogP contribution is 2.24. The molecule has 0 spiro atoms. The van der Waals surface area contributed by atoms with Crippen LogP contribution in [0.4, 0.5) is 0 Å². The van der Waals surface area contributed by atoms with Gasteiger partial charge in [0.25, 0.3) is 0 Å². The largest absolute Gasteiger partial charge is 0.489 e. The van der Waals surface area contributed by atoms with Gasteiger partial charge >= 0.3 is 5.69 Å². The Morgan fingerprint density at radius 3 is 2.61 bits per heavy atom. The lowest BCUT2D eigenvalue weighted by atomic mass is 10.1. The number of ether oxygens (including phenoxy) is 1. The maximum absolute atomic E-state index is 12.3. The SMILES string of the molecule is Cc1cccc(-n2nnn(C)c2=O)c1COc1cccc(-c2ccccn2)c1. The molecule has 0 unspecified atom stereocenters. The van der Waals surface area contributed by atoms with Crippen molar-refractivity contribution >= 4 is 0 Å². The fourth-order valence-corrected chi connectivity index (χ4v) is 2.97. The third-order valence-electron chi connectivity index (χ3n) is 4.51. The molecule has 0 saturated heterocycles. The van der Waals surface area contributed by atoms with Gasteiger partial charge in [0.1, 0.15) is 12.4 Å². The second-order valence-electron chi connectivity index (χ2n) is 6.40. The smallest absolute Gasteiger partial charge is 0.368 e. The highest BCUT2D eigenvalue weighted by molar-refractivity contribution is 5.60. The molecule has 28 heavy (non-hydrogen) atoms. The number of nitrogens with zero attached hydrogens (tertiary/aromatic N) is 5. The van der Waals surface area contributed by atoms with Gasteiger partial charge in [-0.1, -0.05) is 30.3 Å². The molecule has 2 heterocycles. The Balaban J connectivity index is 1.63. The lowest BCUT2D eigenvalue weighted by molar-refractivity contribution is 0.305. The summed E-state index contributed by atoms with van der Waals surface area (Å²) in [6, 6.07) is 19.3. The summed E-state index contributed by atoms with van der Waals surface area (Å²) in [5.41, 5.74) is 4.12. The summed E-state index contributed by atoms with van der Waals surface area (Å²) in [6.45, 7) is 2.28. The van der Waals surface area contributed by atoms with E-state index in [4.69, 9.17) is 4.74 Å². The minimum absolute atomic E-state index is 0.302. The molecule has 0 aliphatic carbocycles. The van der Waals surface area contributed by atoms with Crippen LogP contribution in [0.3, 0.4) is 0 Å². The lowest BCUT2D eigenvalue weighted by Crippen LogP contribution is -2.23. The van der Waals surface area contributed by atoms with Crippen LogP contribution in [0.1, 0.15) is 11.1 Å². The van der Waals surface area contributed by atoms with Crippen molar-refractivity contribution in [2.75, 3.05) is 0 Å². The lowest BCUT2D eigenvalue weighted by Gasteiger charge is -2.13. The molecule has 0 bridgehead atoms. The van der Waals surface area contributed by atoms with E-state index >= 15 is 0 Å². The van der Waals surface area contributed by atoms with Crippen molar-refractivity contribution in [1.29, 1.82) is 0 Å². The molecule has 2 aromatic heterocycles. The van der Waals surface area contributed by atoms with Crippen LogP contribution in [-0.2, 0) is 13.7 Å². The monoisotopic (exact) mass is 373 g/mol. The van der Waals surface area contributed by atoms with Gasteiger partial charge in [-0.25, -0.2) is 4.79 Å². The summed E-state index contributed by atoms with van der Waals surface area (Å²) in [5.74, 6) is 0.726. The van der Waals surface area contributed by atoms with E-state index in [1.165, 1.54) is 9.36 Å². The quantitative estimate of drug-likeness (QED) is 0.538. The fourth-order valence-electron chi connectivity index (χ4n) is 2.97. The summed E-state index contributed by atoms with van der Waals surface area (Å²) in [6.07, 6.45) is 1.76.